The molecule has 38 heavy (non-hydrogen) atoms. The van der Waals surface area contributed by atoms with Gasteiger partial charge in [0.2, 0.25) is 0 Å². The Morgan fingerprint density at radius 2 is 1.08 bits per heavy atom. The first-order chi connectivity index (χ1) is 17.9. The number of rotatable bonds is 9. The number of nitrogens with one attached hydrogen (secondary N) is 1. The molecule has 4 rings (SSSR count). The van der Waals surface area contributed by atoms with E-state index in [1.165, 1.54) is 18.4 Å². The highest BCUT2D eigenvalue weighted by atomic mass is 35.5. The summed E-state index contributed by atoms with van der Waals surface area (Å²) >= 11 is 0. The summed E-state index contributed by atoms with van der Waals surface area (Å²) in [7, 11) is 5.28. The molecule has 0 saturated heterocycles. The van der Waals surface area contributed by atoms with Crippen LogP contribution >= 0.6 is 12.4 Å². The SMILES string of the molecule is CNCC(c1ccc(OC)cc1)C1(O)CCCCC1.COc1ccc(C(CN)C2(O)CCCCC2)cc1.Cl. The van der Waals surface area contributed by atoms with E-state index in [1.807, 2.05) is 43.4 Å². The van der Waals surface area contributed by atoms with E-state index in [4.69, 9.17) is 15.2 Å². The summed E-state index contributed by atoms with van der Waals surface area (Å²) in [5.74, 6) is 1.89. The van der Waals surface area contributed by atoms with Gasteiger partial charge >= 0.3 is 0 Å². The Hall–Kier alpha value is -1.83. The summed E-state index contributed by atoms with van der Waals surface area (Å²) in [4.78, 5) is 0. The predicted octanol–water partition coefficient (Wildman–Crippen LogP) is 5.55. The van der Waals surface area contributed by atoms with Gasteiger partial charge in [-0.05, 0) is 68.1 Å². The van der Waals surface area contributed by atoms with Crippen molar-refractivity contribution in [3.8, 4) is 11.5 Å². The van der Waals surface area contributed by atoms with E-state index < -0.39 is 11.2 Å². The van der Waals surface area contributed by atoms with E-state index in [0.717, 1.165) is 75.0 Å². The zero-order valence-corrected chi connectivity index (χ0v) is 24.3. The van der Waals surface area contributed by atoms with Crippen molar-refractivity contribution in [2.24, 2.45) is 5.73 Å². The van der Waals surface area contributed by atoms with Gasteiger partial charge in [-0.15, -0.1) is 12.4 Å². The van der Waals surface area contributed by atoms with E-state index in [0.29, 0.717) is 6.54 Å². The summed E-state index contributed by atoms with van der Waals surface area (Å²) < 4.78 is 10.4. The number of halogens is 1. The fraction of sp³-hybridized carbons (Fsp3) is 0.613. The monoisotopic (exact) mass is 548 g/mol. The van der Waals surface area contributed by atoms with Crippen LogP contribution < -0.4 is 20.5 Å². The topological polar surface area (TPSA) is 97.0 Å². The minimum atomic E-state index is -0.623. The molecule has 5 N–H and O–H groups in total. The third-order valence-electron chi connectivity index (χ3n) is 8.42. The first kappa shape index (κ1) is 32.4. The number of hydrogen-bond donors (Lipinski definition) is 4. The number of benzene rings is 2. The van der Waals surface area contributed by atoms with E-state index in [1.54, 1.807) is 14.2 Å². The minimum Gasteiger partial charge on any atom is -0.497 e. The van der Waals surface area contributed by atoms with Crippen LogP contribution in [0.5, 0.6) is 11.5 Å². The molecule has 2 aromatic carbocycles. The zero-order chi connectivity index (χ0) is 26.7. The molecule has 2 unspecified atom stereocenters. The van der Waals surface area contributed by atoms with Gasteiger partial charge in [0.15, 0.2) is 0 Å². The zero-order valence-electron chi connectivity index (χ0n) is 23.5. The molecule has 7 heteroatoms. The highest BCUT2D eigenvalue weighted by Gasteiger charge is 2.39. The molecule has 2 saturated carbocycles. The lowest BCUT2D eigenvalue weighted by atomic mass is 9.73. The van der Waals surface area contributed by atoms with Crippen molar-refractivity contribution in [2.45, 2.75) is 87.2 Å². The van der Waals surface area contributed by atoms with Gasteiger partial charge in [0.1, 0.15) is 11.5 Å². The maximum Gasteiger partial charge on any atom is 0.118 e. The van der Waals surface area contributed by atoms with Crippen molar-refractivity contribution in [3.63, 3.8) is 0 Å². The van der Waals surface area contributed by atoms with Gasteiger partial charge in [-0.25, -0.2) is 0 Å². The molecule has 0 spiro atoms. The van der Waals surface area contributed by atoms with Gasteiger partial charge < -0.3 is 30.7 Å². The number of methoxy groups -OCH3 is 2. The van der Waals surface area contributed by atoms with Crippen molar-refractivity contribution in [1.29, 1.82) is 0 Å². The number of aliphatic hydroxyl groups is 2. The van der Waals surface area contributed by atoms with Gasteiger partial charge in [0.05, 0.1) is 25.4 Å². The molecule has 2 aliphatic rings. The van der Waals surface area contributed by atoms with Crippen LogP contribution in [-0.4, -0.2) is 55.8 Å². The van der Waals surface area contributed by atoms with Crippen LogP contribution in [0.1, 0.15) is 87.2 Å². The summed E-state index contributed by atoms with van der Waals surface area (Å²) in [6.07, 6.45) is 10.5. The molecule has 0 amide bonds. The molecule has 0 bridgehead atoms. The van der Waals surface area contributed by atoms with Crippen LogP contribution in [0.3, 0.4) is 0 Å². The van der Waals surface area contributed by atoms with Gasteiger partial charge in [0, 0.05) is 24.9 Å². The second-order valence-electron chi connectivity index (χ2n) is 10.8. The second-order valence-corrected chi connectivity index (χ2v) is 10.8. The average molecular weight is 549 g/mol. The number of nitrogens with two attached hydrogens (primary N) is 1. The molecule has 214 valence electrons. The second kappa shape index (κ2) is 15.7. The van der Waals surface area contributed by atoms with E-state index >= 15 is 0 Å². The molecule has 0 aliphatic heterocycles. The summed E-state index contributed by atoms with van der Waals surface area (Å²) in [6, 6.07) is 16.0. The maximum absolute atomic E-state index is 11.0. The molecule has 0 radical (unpaired) electrons. The fourth-order valence-corrected chi connectivity index (χ4v) is 6.19. The van der Waals surface area contributed by atoms with Crippen molar-refractivity contribution >= 4 is 12.4 Å². The van der Waals surface area contributed by atoms with Gasteiger partial charge in [-0.1, -0.05) is 62.8 Å². The van der Waals surface area contributed by atoms with E-state index in [-0.39, 0.29) is 24.2 Å². The van der Waals surface area contributed by atoms with Crippen molar-refractivity contribution < 1.29 is 19.7 Å². The predicted molar refractivity (Wildman–Crippen MR) is 158 cm³/mol. The van der Waals surface area contributed by atoms with Crippen LogP contribution in [-0.2, 0) is 0 Å². The van der Waals surface area contributed by atoms with Crippen LogP contribution in [0.2, 0.25) is 0 Å². The Morgan fingerprint density at radius 1 is 0.711 bits per heavy atom. The first-order valence-electron chi connectivity index (χ1n) is 14.0. The Kier molecular flexibility index (Phi) is 13.4. The number of ether oxygens (including phenoxy) is 2. The van der Waals surface area contributed by atoms with Gasteiger partial charge in [-0.2, -0.15) is 0 Å². The van der Waals surface area contributed by atoms with Crippen LogP contribution in [0.25, 0.3) is 0 Å². The van der Waals surface area contributed by atoms with E-state index in [2.05, 4.69) is 17.4 Å². The lowest BCUT2D eigenvalue weighted by molar-refractivity contribution is -0.0212. The molecule has 2 aliphatic carbocycles. The summed E-state index contributed by atoms with van der Waals surface area (Å²) in [6.45, 7) is 1.30. The Balaban J connectivity index is 0.000000260. The number of hydrogen-bond acceptors (Lipinski definition) is 6. The minimum absolute atomic E-state index is 0. The molecule has 2 fully saturated rings. The quantitative estimate of drug-likeness (QED) is 0.328. The lowest BCUT2D eigenvalue weighted by Crippen LogP contribution is -2.42. The Bertz CT molecular complexity index is 910. The maximum atomic E-state index is 11.0. The molecule has 2 aromatic rings. The molecule has 2 atom stereocenters. The normalized spacial score (nSPS) is 19.6. The molecule has 0 heterocycles. The fourth-order valence-electron chi connectivity index (χ4n) is 6.19. The largest absolute Gasteiger partial charge is 0.497 e. The standard InChI is InChI=1S/C16H25NO2.C15H23NO2.ClH/c1-17-12-15(16(18)10-4-3-5-11-16)13-6-8-14(19-2)9-7-13;1-18-13-7-5-12(6-8-13)14(11-16)15(17)9-3-2-4-10-15;/h6-9,15,17-18H,3-5,10-12H2,1-2H3;5-8,14,17H,2-4,9-11,16H2,1H3;1H. The highest BCUT2D eigenvalue weighted by Crippen LogP contribution is 2.41. The number of likely N-dealkylation sites (N-methyl/N-ethyl adjacent to an activating group) is 1. The molecule has 0 aromatic heterocycles. The van der Waals surface area contributed by atoms with Gasteiger partial charge in [0.25, 0.3) is 0 Å². The summed E-state index contributed by atoms with van der Waals surface area (Å²) in [5.41, 5.74) is 7.02. The molecule has 6 nitrogen and oxygen atoms in total. The van der Waals surface area contributed by atoms with Crippen LogP contribution in [0, 0.1) is 0 Å². The smallest absolute Gasteiger partial charge is 0.118 e. The van der Waals surface area contributed by atoms with Crippen LogP contribution in [0.4, 0.5) is 0 Å². The Labute approximate surface area is 235 Å². The Morgan fingerprint density at radius 3 is 1.42 bits per heavy atom. The highest BCUT2D eigenvalue weighted by molar-refractivity contribution is 5.85. The van der Waals surface area contributed by atoms with Gasteiger partial charge in [-0.3, -0.25) is 0 Å². The third-order valence-corrected chi connectivity index (χ3v) is 8.42. The molecular formula is C31H49ClN2O4. The first-order valence-corrected chi connectivity index (χ1v) is 14.0. The third kappa shape index (κ3) is 8.33. The summed E-state index contributed by atoms with van der Waals surface area (Å²) in [5, 5.41) is 25.0. The van der Waals surface area contributed by atoms with E-state index in [9.17, 15) is 10.2 Å². The lowest BCUT2D eigenvalue weighted by Gasteiger charge is -2.39. The van der Waals surface area contributed by atoms with Crippen LogP contribution in [0.15, 0.2) is 48.5 Å². The van der Waals surface area contributed by atoms with Crippen molar-refractivity contribution in [3.05, 3.63) is 59.7 Å². The van der Waals surface area contributed by atoms with Crippen molar-refractivity contribution in [2.75, 3.05) is 34.4 Å². The average Bonchev–Trinajstić information content (AvgIpc) is 2.93. The van der Waals surface area contributed by atoms with Crippen molar-refractivity contribution in [1.82, 2.24) is 5.32 Å². The molecular weight excluding hydrogens is 500 g/mol.